The van der Waals surface area contributed by atoms with E-state index in [1.54, 1.807) is 12.3 Å². The summed E-state index contributed by atoms with van der Waals surface area (Å²) in [6.07, 6.45) is 4.42. The lowest BCUT2D eigenvalue weighted by molar-refractivity contribution is 0.0954. The van der Waals surface area contributed by atoms with Crippen LogP contribution in [0.3, 0.4) is 0 Å². The molecule has 0 aliphatic rings. The fraction of sp³-hybridized carbons (Fsp3) is 0.500. The van der Waals surface area contributed by atoms with E-state index in [-0.39, 0.29) is 5.78 Å². The quantitative estimate of drug-likeness (QED) is 0.669. The normalized spacial score (nSPS) is 10.5. The summed E-state index contributed by atoms with van der Waals surface area (Å²) in [5.74, 6) is 0.670. The first-order valence-electron chi connectivity index (χ1n) is 5.22. The van der Waals surface area contributed by atoms with Crippen molar-refractivity contribution < 1.29 is 4.79 Å². The Morgan fingerprint density at radius 1 is 1.36 bits per heavy atom. The first kappa shape index (κ1) is 10.9. The highest BCUT2D eigenvalue weighted by Crippen LogP contribution is 2.15. The minimum atomic E-state index is 0.166. The molecule has 0 aliphatic carbocycles. The summed E-state index contributed by atoms with van der Waals surface area (Å²) in [7, 11) is 0. The highest BCUT2D eigenvalue weighted by molar-refractivity contribution is 5.94. The molecule has 0 unspecified atom stereocenters. The molecule has 2 heteroatoms. The molecule has 0 saturated heterocycles. The number of ketones is 1. The van der Waals surface area contributed by atoms with Crippen LogP contribution in [0.5, 0.6) is 0 Å². The van der Waals surface area contributed by atoms with Crippen LogP contribution in [0.25, 0.3) is 0 Å². The van der Waals surface area contributed by atoms with Crippen molar-refractivity contribution in [3.63, 3.8) is 0 Å². The lowest BCUT2D eigenvalue weighted by Gasteiger charge is -2.09. The van der Waals surface area contributed by atoms with Crippen LogP contribution in [0.4, 0.5) is 0 Å². The predicted octanol–water partition coefficient (Wildman–Crippen LogP) is 3.09. The van der Waals surface area contributed by atoms with E-state index in [1.165, 1.54) is 0 Å². The number of hydrogen-bond donors (Lipinski definition) is 0. The van der Waals surface area contributed by atoms with E-state index in [0.29, 0.717) is 18.0 Å². The first-order valence-corrected chi connectivity index (χ1v) is 5.22. The zero-order valence-corrected chi connectivity index (χ0v) is 8.86. The van der Waals surface area contributed by atoms with Crippen molar-refractivity contribution in [2.24, 2.45) is 5.92 Å². The maximum absolute atomic E-state index is 11.7. The summed E-state index contributed by atoms with van der Waals surface area (Å²) in [6.45, 7) is 4.25. The van der Waals surface area contributed by atoms with Gasteiger partial charge in [0.1, 0.15) is 5.69 Å². The fourth-order valence-corrected chi connectivity index (χ4v) is 1.47. The highest BCUT2D eigenvalue weighted by Gasteiger charge is 2.12. The van der Waals surface area contributed by atoms with Crippen LogP contribution < -0.4 is 0 Å². The molecule has 0 fully saturated rings. The summed E-state index contributed by atoms with van der Waals surface area (Å²) >= 11 is 0. The van der Waals surface area contributed by atoms with Gasteiger partial charge in [0.2, 0.25) is 0 Å². The van der Waals surface area contributed by atoms with Gasteiger partial charge in [-0.15, -0.1) is 0 Å². The third-order valence-corrected chi connectivity index (χ3v) is 2.58. The fourth-order valence-electron chi connectivity index (χ4n) is 1.47. The van der Waals surface area contributed by atoms with Crippen LogP contribution in [-0.4, -0.2) is 10.8 Å². The molecule has 1 aromatic heterocycles. The second-order valence-corrected chi connectivity index (χ2v) is 3.52. The van der Waals surface area contributed by atoms with Crippen molar-refractivity contribution in [2.75, 3.05) is 0 Å². The Morgan fingerprint density at radius 3 is 2.57 bits per heavy atom. The summed E-state index contributed by atoms with van der Waals surface area (Å²) in [5, 5.41) is 0. The Bertz CT molecular complexity index is 278. The number of hydrogen-bond acceptors (Lipinski definition) is 2. The standard InChI is InChI=1S/C12H17NO/c1-3-10(4-2)9-12(14)11-7-5-6-8-13-11/h5-8,10H,3-4,9H2,1-2H3. The molecular weight excluding hydrogens is 174 g/mol. The molecule has 0 aromatic carbocycles. The number of pyridine rings is 1. The second kappa shape index (κ2) is 5.53. The molecule has 0 atom stereocenters. The van der Waals surface area contributed by atoms with Crippen LogP contribution in [-0.2, 0) is 0 Å². The van der Waals surface area contributed by atoms with Crippen LogP contribution in [0, 0.1) is 5.92 Å². The number of nitrogens with zero attached hydrogens (tertiary/aromatic N) is 1. The van der Waals surface area contributed by atoms with E-state index < -0.39 is 0 Å². The minimum absolute atomic E-state index is 0.166. The molecule has 1 rings (SSSR count). The monoisotopic (exact) mass is 191 g/mol. The van der Waals surface area contributed by atoms with Gasteiger partial charge in [-0.05, 0) is 18.1 Å². The molecule has 0 aliphatic heterocycles. The summed E-state index contributed by atoms with van der Waals surface area (Å²) in [5.41, 5.74) is 0.597. The Morgan fingerprint density at radius 2 is 2.07 bits per heavy atom. The van der Waals surface area contributed by atoms with Gasteiger partial charge in [-0.3, -0.25) is 9.78 Å². The number of rotatable bonds is 5. The van der Waals surface area contributed by atoms with Crippen LogP contribution >= 0.6 is 0 Å². The Hall–Kier alpha value is -1.18. The molecule has 0 spiro atoms. The molecule has 1 heterocycles. The average Bonchev–Trinajstić information content (AvgIpc) is 2.26. The number of aromatic nitrogens is 1. The van der Waals surface area contributed by atoms with E-state index in [4.69, 9.17) is 0 Å². The van der Waals surface area contributed by atoms with Crippen molar-refractivity contribution in [1.29, 1.82) is 0 Å². The smallest absolute Gasteiger partial charge is 0.181 e. The van der Waals surface area contributed by atoms with E-state index in [1.807, 2.05) is 12.1 Å². The zero-order chi connectivity index (χ0) is 10.4. The summed E-state index contributed by atoms with van der Waals surface area (Å²) in [4.78, 5) is 15.8. The molecule has 0 saturated carbocycles. The lowest BCUT2D eigenvalue weighted by Crippen LogP contribution is -2.08. The maximum Gasteiger partial charge on any atom is 0.181 e. The van der Waals surface area contributed by atoms with Crippen molar-refractivity contribution >= 4 is 5.78 Å². The van der Waals surface area contributed by atoms with Gasteiger partial charge in [-0.1, -0.05) is 32.8 Å². The maximum atomic E-state index is 11.7. The van der Waals surface area contributed by atoms with E-state index >= 15 is 0 Å². The van der Waals surface area contributed by atoms with Gasteiger partial charge < -0.3 is 0 Å². The number of carbonyl (C=O) groups excluding carboxylic acids is 1. The van der Waals surface area contributed by atoms with Gasteiger partial charge >= 0.3 is 0 Å². The lowest BCUT2D eigenvalue weighted by atomic mass is 9.96. The van der Waals surface area contributed by atoms with Gasteiger partial charge in [-0.25, -0.2) is 0 Å². The molecule has 14 heavy (non-hydrogen) atoms. The van der Waals surface area contributed by atoms with Crippen LogP contribution in [0.1, 0.15) is 43.6 Å². The molecule has 2 nitrogen and oxygen atoms in total. The molecule has 0 amide bonds. The molecule has 0 N–H and O–H groups in total. The van der Waals surface area contributed by atoms with Gasteiger partial charge in [0.25, 0.3) is 0 Å². The minimum Gasteiger partial charge on any atom is -0.292 e. The van der Waals surface area contributed by atoms with Crippen LogP contribution in [0.2, 0.25) is 0 Å². The van der Waals surface area contributed by atoms with E-state index in [0.717, 1.165) is 12.8 Å². The summed E-state index contributed by atoms with van der Waals surface area (Å²) in [6, 6.07) is 5.46. The van der Waals surface area contributed by atoms with Gasteiger partial charge in [-0.2, -0.15) is 0 Å². The Kier molecular flexibility index (Phi) is 4.30. The van der Waals surface area contributed by atoms with Crippen molar-refractivity contribution in [2.45, 2.75) is 33.1 Å². The topological polar surface area (TPSA) is 30.0 Å². The average molecular weight is 191 g/mol. The number of carbonyl (C=O) groups is 1. The second-order valence-electron chi connectivity index (χ2n) is 3.52. The van der Waals surface area contributed by atoms with Crippen molar-refractivity contribution in [3.8, 4) is 0 Å². The molecular formula is C12H17NO. The summed E-state index contributed by atoms with van der Waals surface area (Å²) < 4.78 is 0. The Balaban J connectivity index is 2.59. The molecule has 76 valence electrons. The Labute approximate surface area is 85.4 Å². The zero-order valence-electron chi connectivity index (χ0n) is 8.86. The van der Waals surface area contributed by atoms with Crippen molar-refractivity contribution in [3.05, 3.63) is 30.1 Å². The number of Topliss-reactive ketones (excluding diaryl/α,β-unsaturated/α-hetero) is 1. The van der Waals surface area contributed by atoms with Crippen molar-refractivity contribution in [1.82, 2.24) is 4.98 Å². The first-order chi connectivity index (χ1) is 6.77. The third-order valence-electron chi connectivity index (χ3n) is 2.58. The molecule has 0 radical (unpaired) electrons. The van der Waals surface area contributed by atoms with Crippen LogP contribution in [0.15, 0.2) is 24.4 Å². The SMILES string of the molecule is CCC(CC)CC(=O)c1ccccn1. The highest BCUT2D eigenvalue weighted by atomic mass is 16.1. The largest absolute Gasteiger partial charge is 0.292 e. The van der Waals surface area contributed by atoms with Gasteiger partial charge in [0.05, 0.1) is 0 Å². The van der Waals surface area contributed by atoms with Gasteiger partial charge in [0, 0.05) is 12.6 Å². The van der Waals surface area contributed by atoms with E-state index in [9.17, 15) is 4.79 Å². The van der Waals surface area contributed by atoms with E-state index in [2.05, 4.69) is 18.8 Å². The third kappa shape index (κ3) is 2.95. The molecule has 1 aromatic rings. The molecule has 0 bridgehead atoms. The predicted molar refractivity (Wildman–Crippen MR) is 57.3 cm³/mol. The van der Waals surface area contributed by atoms with Gasteiger partial charge in [0.15, 0.2) is 5.78 Å².